The summed E-state index contributed by atoms with van der Waals surface area (Å²) in [6, 6.07) is 7.52. The normalized spacial score (nSPS) is 25.6. The molecule has 0 aliphatic carbocycles. The van der Waals surface area contributed by atoms with E-state index in [2.05, 4.69) is 5.32 Å². The Bertz CT molecular complexity index is 563. The molecule has 0 bridgehead atoms. The number of rotatable bonds is 3. The Balaban J connectivity index is 1.67. The molecular formula is C17H24BNO4. The van der Waals surface area contributed by atoms with Crippen molar-refractivity contribution in [1.29, 1.82) is 0 Å². The standard InChI is InChI=1S/C17H24BNO4/c1-16(2)17(3,4)23-18(22-16)13-7-5-12(6-8-13)15(20)19-14-9-10-21-11-14/h5-8,14H,9-11H2,1-4H3,(H,19,20)/t14-/m0/s1. The van der Waals surface area contributed by atoms with Crippen molar-refractivity contribution in [2.45, 2.75) is 51.4 Å². The summed E-state index contributed by atoms with van der Waals surface area (Å²) in [6.45, 7) is 9.41. The monoisotopic (exact) mass is 317 g/mol. The Kier molecular flexibility index (Phi) is 4.25. The molecule has 0 unspecified atom stereocenters. The molecule has 1 N–H and O–H groups in total. The summed E-state index contributed by atoms with van der Waals surface area (Å²) < 4.78 is 17.3. The van der Waals surface area contributed by atoms with Gasteiger partial charge in [0, 0.05) is 12.2 Å². The lowest BCUT2D eigenvalue weighted by atomic mass is 9.79. The van der Waals surface area contributed by atoms with Gasteiger partial charge in [-0.25, -0.2) is 0 Å². The van der Waals surface area contributed by atoms with E-state index in [1.54, 1.807) is 0 Å². The molecule has 0 aromatic heterocycles. The second-order valence-electron chi connectivity index (χ2n) is 7.24. The summed E-state index contributed by atoms with van der Waals surface area (Å²) in [5, 5.41) is 2.98. The summed E-state index contributed by atoms with van der Waals surface area (Å²) in [7, 11) is -0.402. The summed E-state index contributed by atoms with van der Waals surface area (Å²) in [5.41, 5.74) is 0.827. The third kappa shape index (κ3) is 3.29. The van der Waals surface area contributed by atoms with Gasteiger partial charge in [-0.1, -0.05) is 12.1 Å². The molecule has 2 aliphatic heterocycles. The average molecular weight is 317 g/mol. The van der Waals surface area contributed by atoms with Crippen molar-refractivity contribution in [3.8, 4) is 0 Å². The predicted molar refractivity (Wildman–Crippen MR) is 88.8 cm³/mol. The van der Waals surface area contributed by atoms with Crippen molar-refractivity contribution in [3.05, 3.63) is 29.8 Å². The molecule has 2 saturated heterocycles. The van der Waals surface area contributed by atoms with Gasteiger partial charge < -0.3 is 19.4 Å². The number of amides is 1. The fourth-order valence-electron chi connectivity index (χ4n) is 2.69. The third-order valence-corrected chi connectivity index (χ3v) is 4.96. The average Bonchev–Trinajstić information content (AvgIpc) is 3.05. The van der Waals surface area contributed by atoms with Crippen LogP contribution in [0.3, 0.4) is 0 Å². The van der Waals surface area contributed by atoms with Crippen LogP contribution in [0.25, 0.3) is 0 Å². The Morgan fingerprint density at radius 3 is 2.26 bits per heavy atom. The molecule has 2 aliphatic rings. The lowest BCUT2D eigenvalue weighted by Crippen LogP contribution is -2.41. The van der Waals surface area contributed by atoms with Gasteiger partial charge in [0.15, 0.2) is 0 Å². The highest BCUT2D eigenvalue weighted by molar-refractivity contribution is 6.62. The van der Waals surface area contributed by atoms with Gasteiger partial charge >= 0.3 is 7.12 Å². The Labute approximate surface area is 137 Å². The Hall–Kier alpha value is -1.37. The highest BCUT2D eigenvalue weighted by Crippen LogP contribution is 2.36. The lowest BCUT2D eigenvalue weighted by molar-refractivity contribution is 0.00578. The van der Waals surface area contributed by atoms with Crippen LogP contribution in [0.2, 0.25) is 0 Å². The molecule has 0 saturated carbocycles. The number of hydrogen-bond donors (Lipinski definition) is 1. The topological polar surface area (TPSA) is 56.8 Å². The van der Waals surface area contributed by atoms with E-state index in [0.717, 1.165) is 11.9 Å². The zero-order valence-corrected chi connectivity index (χ0v) is 14.2. The van der Waals surface area contributed by atoms with Crippen LogP contribution < -0.4 is 10.8 Å². The molecule has 1 aromatic carbocycles. The van der Waals surface area contributed by atoms with Crippen molar-refractivity contribution in [3.63, 3.8) is 0 Å². The van der Waals surface area contributed by atoms with Crippen LogP contribution in [-0.4, -0.2) is 43.5 Å². The maximum atomic E-state index is 12.2. The van der Waals surface area contributed by atoms with E-state index < -0.39 is 7.12 Å². The first kappa shape index (κ1) is 16.5. The second kappa shape index (κ2) is 5.93. The van der Waals surface area contributed by atoms with Gasteiger partial charge in [0.2, 0.25) is 0 Å². The number of carbonyl (C=O) groups excluding carboxylic acids is 1. The molecule has 3 rings (SSSR count). The minimum absolute atomic E-state index is 0.0685. The van der Waals surface area contributed by atoms with Gasteiger partial charge in [-0.3, -0.25) is 4.79 Å². The molecule has 5 nitrogen and oxygen atoms in total. The number of benzene rings is 1. The van der Waals surface area contributed by atoms with Crippen LogP contribution in [0.1, 0.15) is 44.5 Å². The van der Waals surface area contributed by atoms with Crippen molar-refractivity contribution >= 4 is 18.5 Å². The molecule has 0 radical (unpaired) electrons. The smallest absolute Gasteiger partial charge is 0.399 e. The molecule has 1 amide bonds. The largest absolute Gasteiger partial charge is 0.494 e. The zero-order valence-electron chi connectivity index (χ0n) is 14.2. The highest BCUT2D eigenvalue weighted by atomic mass is 16.7. The number of ether oxygens (including phenoxy) is 1. The molecule has 124 valence electrons. The Morgan fingerprint density at radius 2 is 1.74 bits per heavy atom. The van der Waals surface area contributed by atoms with Crippen LogP contribution in [0, 0.1) is 0 Å². The molecule has 2 heterocycles. The van der Waals surface area contributed by atoms with E-state index in [-0.39, 0.29) is 23.2 Å². The lowest BCUT2D eigenvalue weighted by Gasteiger charge is -2.32. The van der Waals surface area contributed by atoms with Gasteiger partial charge in [-0.05, 0) is 51.7 Å². The van der Waals surface area contributed by atoms with Crippen LogP contribution in [0.4, 0.5) is 0 Å². The summed E-state index contributed by atoms with van der Waals surface area (Å²) in [5.74, 6) is -0.0685. The van der Waals surface area contributed by atoms with Gasteiger partial charge in [0.1, 0.15) is 0 Å². The third-order valence-electron chi connectivity index (χ3n) is 4.96. The van der Waals surface area contributed by atoms with Crippen molar-refractivity contribution < 1.29 is 18.8 Å². The van der Waals surface area contributed by atoms with Gasteiger partial charge in [0.05, 0.1) is 23.9 Å². The predicted octanol–water partition coefficient (Wildman–Crippen LogP) is 1.50. The number of carbonyl (C=O) groups is 1. The molecule has 0 spiro atoms. The van der Waals surface area contributed by atoms with Crippen LogP contribution in [-0.2, 0) is 14.0 Å². The minimum Gasteiger partial charge on any atom is -0.399 e. The first-order chi connectivity index (χ1) is 10.8. The van der Waals surface area contributed by atoms with Crippen LogP contribution in [0.5, 0.6) is 0 Å². The molecular weight excluding hydrogens is 293 g/mol. The zero-order chi connectivity index (χ0) is 16.7. The van der Waals surface area contributed by atoms with E-state index in [4.69, 9.17) is 14.0 Å². The van der Waals surface area contributed by atoms with E-state index in [1.165, 1.54) is 0 Å². The first-order valence-corrected chi connectivity index (χ1v) is 8.13. The Morgan fingerprint density at radius 1 is 1.13 bits per heavy atom. The quantitative estimate of drug-likeness (QED) is 0.859. The maximum Gasteiger partial charge on any atom is 0.494 e. The van der Waals surface area contributed by atoms with E-state index in [0.29, 0.717) is 18.8 Å². The summed E-state index contributed by atoms with van der Waals surface area (Å²) >= 11 is 0. The van der Waals surface area contributed by atoms with Crippen molar-refractivity contribution in [1.82, 2.24) is 5.32 Å². The van der Waals surface area contributed by atoms with Crippen molar-refractivity contribution in [2.24, 2.45) is 0 Å². The fourth-order valence-corrected chi connectivity index (χ4v) is 2.69. The van der Waals surface area contributed by atoms with Gasteiger partial charge in [-0.15, -0.1) is 0 Å². The van der Waals surface area contributed by atoms with E-state index in [9.17, 15) is 4.79 Å². The molecule has 1 aromatic rings. The molecule has 2 fully saturated rings. The van der Waals surface area contributed by atoms with Gasteiger partial charge in [0.25, 0.3) is 5.91 Å². The van der Waals surface area contributed by atoms with Crippen molar-refractivity contribution in [2.75, 3.05) is 13.2 Å². The molecule has 6 heteroatoms. The van der Waals surface area contributed by atoms with Crippen LogP contribution >= 0.6 is 0 Å². The van der Waals surface area contributed by atoms with E-state index >= 15 is 0 Å². The van der Waals surface area contributed by atoms with Gasteiger partial charge in [-0.2, -0.15) is 0 Å². The minimum atomic E-state index is -0.402. The van der Waals surface area contributed by atoms with E-state index in [1.807, 2.05) is 52.0 Å². The number of nitrogens with one attached hydrogen (secondary N) is 1. The number of hydrogen-bond acceptors (Lipinski definition) is 4. The first-order valence-electron chi connectivity index (χ1n) is 8.13. The SMILES string of the molecule is CC1(C)OB(c2ccc(C(=O)N[C@H]3CCOC3)cc2)OC1(C)C. The molecule has 1 atom stereocenters. The maximum absolute atomic E-state index is 12.2. The highest BCUT2D eigenvalue weighted by Gasteiger charge is 2.51. The summed E-state index contributed by atoms with van der Waals surface area (Å²) in [4.78, 5) is 12.2. The summed E-state index contributed by atoms with van der Waals surface area (Å²) in [6.07, 6.45) is 0.873. The fraction of sp³-hybridized carbons (Fsp3) is 0.588. The van der Waals surface area contributed by atoms with Crippen LogP contribution in [0.15, 0.2) is 24.3 Å². The molecule has 23 heavy (non-hydrogen) atoms. The second-order valence-corrected chi connectivity index (χ2v) is 7.24.